The zero-order chi connectivity index (χ0) is 31.6. The smallest absolute Gasteiger partial charge is 0.168 e. The Labute approximate surface area is 258 Å². The van der Waals surface area contributed by atoms with E-state index in [1.54, 1.807) is 24.4 Å². The summed E-state index contributed by atoms with van der Waals surface area (Å²) in [4.78, 5) is 11.9. The van der Waals surface area contributed by atoms with Gasteiger partial charge in [-0.3, -0.25) is 9.20 Å². The number of halogens is 2. The molecule has 0 fully saturated rings. The maximum atomic E-state index is 15.5. The molecule has 44 heavy (non-hydrogen) atoms. The van der Waals surface area contributed by atoms with Gasteiger partial charge >= 0.3 is 0 Å². The van der Waals surface area contributed by atoms with Gasteiger partial charge in [-0.05, 0) is 73.6 Å². The lowest BCUT2D eigenvalue weighted by atomic mass is 9.75. The predicted octanol–water partition coefficient (Wildman–Crippen LogP) is 7.14. The maximum Gasteiger partial charge on any atom is 0.168 e. The van der Waals surface area contributed by atoms with Gasteiger partial charge in [0.05, 0.1) is 11.0 Å². The first-order valence-electron chi connectivity index (χ1n) is 14.6. The summed E-state index contributed by atoms with van der Waals surface area (Å²) in [5, 5.41) is 11.0. The number of hydrogen-bond donors (Lipinski definition) is 3. The van der Waals surface area contributed by atoms with Gasteiger partial charge < -0.3 is 20.6 Å². The van der Waals surface area contributed by atoms with Gasteiger partial charge in [0.1, 0.15) is 23.2 Å². The molecular formula is C34H38F2N4O3S. The normalized spacial score (nSPS) is 22.5. The molecule has 7 nitrogen and oxygen atoms in total. The number of aromatic amines is 1. The zero-order valence-electron chi connectivity index (χ0n) is 25.4. The Morgan fingerprint density at radius 1 is 1.07 bits per heavy atom. The van der Waals surface area contributed by atoms with Crippen molar-refractivity contribution in [2.45, 2.75) is 51.9 Å². The molecule has 1 aliphatic rings. The van der Waals surface area contributed by atoms with Crippen LogP contribution in [0.3, 0.4) is 0 Å². The highest BCUT2D eigenvalue weighted by Crippen LogP contribution is 2.38. The van der Waals surface area contributed by atoms with E-state index in [9.17, 15) is 9.32 Å². The zero-order valence-corrected chi connectivity index (χ0v) is 26.2. The third kappa shape index (κ3) is 6.55. The largest absolute Gasteiger partial charge is 0.508 e. The van der Waals surface area contributed by atoms with E-state index in [0.717, 1.165) is 23.8 Å². The first kappa shape index (κ1) is 31.4. The first-order valence-corrected chi connectivity index (χ1v) is 16.1. The third-order valence-electron chi connectivity index (χ3n) is 8.41. The van der Waals surface area contributed by atoms with Crippen molar-refractivity contribution >= 4 is 33.4 Å². The first-order chi connectivity index (χ1) is 20.9. The quantitative estimate of drug-likeness (QED) is 0.210. The minimum atomic E-state index is -1.19. The van der Waals surface area contributed by atoms with Gasteiger partial charge in [0.15, 0.2) is 17.4 Å². The molecular weight excluding hydrogens is 582 g/mol. The number of aryl methyl sites for hydroxylation is 1. The summed E-state index contributed by atoms with van der Waals surface area (Å²) in [6, 6.07) is 14.1. The molecule has 0 spiro atoms. The molecule has 2 bridgehead atoms. The molecule has 0 amide bonds. The minimum Gasteiger partial charge on any atom is -0.508 e. The molecule has 2 unspecified atom stereocenters. The van der Waals surface area contributed by atoms with Gasteiger partial charge in [0.25, 0.3) is 0 Å². The van der Waals surface area contributed by atoms with Crippen molar-refractivity contribution in [1.82, 2.24) is 4.98 Å². The standard InChI is InChI=1S/C34H38F2N4O3S/c1-33(2)13-6-14-34(3,21-7-5-8-22(41)17-21)32(37)40-31(38-4)26-18-23(9-10-27(26)35)43-30-25(12-16-44(42)20-33)24-11-15-39-29(24)19-28(30)36/h5,7-11,15,17-19,39,41H,6,12-14,16,20H2,1-4H3,(H2,37,38,40). The fourth-order valence-corrected chi connectivity index (χ4v) is 7.49. The van der Waals surface area contributed by atoms with Crippen molar-refractivity contribution < 1.29 is 22.8 Å². The molecule has 4 N–H and O–H groups in total. The van der Waals surface area contributed by atoms with E-state index in [1.807, 2.05) is 19.1 Å². The number of nitrogens with zero attached hydrogens (tertiary/aromatic N) is 2. The van der Waals surface area contributed by atoms with Crippen LogP contribution in [0.2, 0.25) is 0 Å². The number of H-pyrrole nitrogens is 1. The SMILES string of the molecule is CN=C1N=C(N)C(C)(c2cccc(O)c2)CCCC(C)(C)CS(=O)CCc2c(c(F)cc3[nH]ccc23)Oc2ccc(F)c1c2. The highest BCUT2D eigenvalue weighted by Gasteiger charge is 2.33. The molecule has 5 rings (SSSR count). The number of phenols is 1. The number of benzene rings is 3. The Hall–Kier alpha value is -4.05. The summed E-state index contributed by atoms with van der Waals surface area (Å²) >= 11 is 0. The number of nitrogens with one attached hydrogen (secondary N) is 1. The monoisotopic (exact) mass is 620 g/mol. The highest BCUT2D eigenvalue weighted by molar-refractivity contribution is 7.85. The second-order valence-electron chi connectivity index (χ2n) is 12.3. The van der Waals surface area contributed by atoms with Crippen LogP contribution in [0.5, 0.6) is 17.2 Å². The number of phenolic OH excluding ortho intramolecular Hbond substituents is 1. The van der Waals surface area contributed by atoms with Crippen LogP contribution < -0.4 is 10.5 Å². The number of aromatic nitrogens is 1. The molecule has 1 aliphatic heterocycles. The van der Waals surface area contributed by atoms with Crippen LogP contribution in [0.1, 0.15) is 56.7 Å². The fourth-order valence-electron chi connectivity index (χ4n) is 5.89. The average Bonchev–Trinajstić information content (AvgIpc) is 3.43. The summed E-state index contributed by atoms with van der Waals surface area (Å²) in [6.07, 6.45) is 4.10. The number of hydrogen-bond acceptors (Lipinski definition) is 5. The van der Waals surface area contributed by atoms with Crippen molar-refractivity contribution in [3.8, 4) is 17.2 Å². The predicted molar refractivity (Wildman–Crippen MR) is 173 cm³/mol. The van der Waals surface area contributed by atoms with Gasteiger partial charge in [-0.2, -0.15) is 0 Å². The number of ether oxygens (including phenoxy) is 1. The summed E-state index contributed by atoms with van der Waals surface area (Å²) in [7, 11) is 0.306. The lowest BCUT2D eigenvalue weighted by Crippen LogP contribution is -2.40. The molecule has 10 heteroatoms. The van der Waals surface area contributed by atoms with Gasteiger partial charge in [-0.1, -0.05) is 32.4 Å². The van der Waals surface area contributed by atoms with Gasteiger partial charge in [0.2, 0.25) is 0 Å². The van der Waals surface area contributed by atoms with Crippen LogP contribution in [0.25, 0.3) is 10.9 Å². The number of fused-ring (bicyclic) bond motifs is 5. The second-order valence-corrected chi connectivity index (χ2v) is 13.9. The van der Waals surface area contributed by atoms with Crippen LogP contribution in [0, 0.1) is 17.0 Å². The van der Waals surface area contributed by atoms with E-state index in [2.05, 4.69) is 28.8 Å². The number of amidine groups is 2. The molecule has 0 aliphatic carbocycles. The second kappa shape index (κ2) is 12.5. The van der Waals surface area contributed by atoms with Crippen LogP contribution in [0.15, 0.2) is 70.8 Å². The van der Waals surface area contributed by atoms with E-state index in [-0.39, 0.29) is 39.9 Å². The number of rotatable bonds is 1. The molecule has 2 heterocycles. The summed E-state index contributed by atoms with van der Waals surface area (Å²) in [6.45, 7) is 6.11. The van der Waals surface area contributed by atoms with Crippen molar-refractivity contribution in [2.75, 3.05) is 18.6 Å². The van der Waals surface area contributed by atoms with E-state index >= 15 is 8.78 Å². The van der Waals surface area contributed by atoms with E-state index < -0.39 is 27.8 Å². The maximum absolute atomic E-state index is 15.5. The number of aliphatic imine (C=N–C) groups is 2. The molecule has 0 saturated heterocycles. The summed E-state index contributed by atoms with van der Waals surface area (Å²) in [5.74, 6) is 0.138. The van der Waals surface area contributed by atoms with Gasteiger partial charge in [-0.15, -0.1) is 0 Å². The molecule has 4 aromatic rings. The van der Waals surface area contributed by atoms with Crippen LogP contribution >= 0.6 is 0 Å². The Kier molecular flexibility index (Phi) is 8.92. The average molecular weight is 621 g/mol. The summed E-state index contributed by atoms with van der Waals surface area (Å²) in [5.41, 5.74) is 7.62. The van der Waals surface area contributed by atoms with E-state index in [0.29, 0.717) is 35.4 Å². The van der Waals surface area contributed by atoms with Gasteiger partial charge in [0, 0.05) is 58.1 Å². The Morgan fingerprint density at radius 2 is 1.86 bits per heavy atom. The number of nitrogens with two attached hydrogens (primary N) is 1. The Bertz CT molecular complexity index is 1780. The van der Waals surface area contributed by atoms with Gasteiger partial charge in [-0.25, -0.2) is 13.8 Å². The van der Waals surface area contributed by atoms with Crippen molar-refractivity contribution in [3.63, 3.8) is 0 Å². The fraction of sp³-hybridized carbons (Fsp3) is 0.353. The molecule has 3 aromatic carbocycles. The molecule has 0 saturated carbocycles. The Balaban J connectivity index is 1.65. The minimum absolute atomic E-state index is 0.00139. The van der Waals surface area contributed by atoms with Crippen LogP contribution in [-0.2, 0) is 22.6 Å². The summed E-state index contributed by atoms with van der Waals surface area (Å²) < 4.78 is 50.3. The highest BCUT2D eigenvalue weighted by atomic mass is 32.2. The van der Waals surface area contributed by atoms with Crippen LogP contribution in [-0.4, -0.2) is 44.5 Å². The molecule has 1 aromatic heterocycles. The topological polar surface area (TPSA) is 113 Å². The lowest BCUT2D eigenvalue weighted by Gasteiger charge is -2.32. The third-order valence-corrected chi connectivity index (χ3v) is 10.2. The van der Waals surface area contributed by atoms with Crippen LogP contribution in [0.4, 0.5) is 8.78 Å². The molecule has 2 atom stereocenters. The molecule has 232 valence electrons. The number of aromatic hydroxyl groups is 1. The van der Waals surface area contributed by atoms with Crippen molar-refractivity contribution in [1.29, 1.82) is 0 Å². The lowest BCUT2D eigenvalue weighted by molar-refractivity contribution is 0.350. The Morgan fingerprint density at radius 3 is 2.61 bits per heavy atom. The molecule has 0 radical (unpaired) electrons. The van der Waals surface area contributed by atoms with E-state index in [1.165, 1.54) is 31.3 Å². The van der Waals surface area contributed by atoms with Crippen molar-refractivity contribution in [2.24, 2.45) is 21.1 Å². The van der Waals surface area contributed by atoms with E-state index in [4.69, 9.17) is 10.5 Å². The van der Waals surface area contributed by atoms with Crippen molar-refractivity contribution in [3.05, 3.63) is 89.1 Å².